The van der Waals surface area contributed by atoms with Gasteiger partial charge in [0.1, 0.15) is 18.5 Å². The van der Waals surface area contributed by atoms with E-state index >= 15 is 0 Å². The minimum Gasteiger partial charge on any atom is -0.243 e. The quantitative estimate of drug-likeness (QED) is 0.807. The van der Waals surface area contributed by atoms with Crippen molar-refractivity contribution in [2.75, 3.05) is 0 Å². The molecule has 0 bridgehead atoms. The summed E-state index contributed by atoms with van der Waals surface area (Å²) in [5.74, 6) is 1.44. The minimum absolute atomic E-state index is 0.330. The Labute approximate surface area is 118 Å². The predicted octanol–water partition coefficient (Wildman–Crippen LogP) is 2.07. The summed E-state index contributed by atoms with van der Waals surface area (Å²) in [6.07, 6.45) is 8.39. The highest BCUT2D eigenvalue weighted by molar-refractivity contribution is 5.77. The number of aromatic nitrogens is 6. The van der Waals surface area contributed by atoms with Crippen LogP contribution in [0.25, 0.3) is 0 Å². The van der Waals surface area contributed by atoms with Crippen LogP contribution in [-0.4, -0.2) is 35.6 Å². The summed E-state index contributed by atoms with van der Waals surface area (Å²) in [6, 6.07) is -0.330. The number of carbonyl (C=O) groups excluding carboxylic acids is 1. The van der Waals surface area contributed by atoms with Crippen molar-refractivity contribution in [3.8, 4) is 0 Å². The van der Waals surface area contributed by atoms with E-state index in [2.05, 4.69) is 34.0 Å². The Morgan fingerprint density at radius 1 is 1.20 bits per heavy atom. The van der Waals surface area contributed by atoms with E-state index in [1.54, 1.807) is 0 Å². The third-order valence-corrected chi connectivity index (χ3v) is 3.02. The highest BCUT2D eigenvalue weighted by Crippen LogP contribution is 2.07. The van der Waals surface area contributed by atoms with Crippen LogP contribution in [0.4, 0.5) is 4.79 Å². The van der Waals surface area contributed by atoms with Crippen LogP contribution in [0.1, 0.15) is 51.2 Å². The summed E-state index contributed by atoms with van der Waals surface area (Å²) in [6.45, 7) is 4.23. The third kappa shape index (κ3) is 3.28. The van der Waals surface area contributed by atoms with Gasteiger partial charge in [-0.15, -0.1) is 5.10 Å². The fraction of sp³-hybridized carbons (Fsp3) is 0.615. The molecule has 2 heterocycles. The molecule has 2 aromatic heterocycles. The van der Waals surface area contributed by atoms with Gasteiger partial charge in [-0.3, -0.25) is 0 Å². The molecular weight excluding hydrogens is 256 g/mol. The molecular formula is C13H20N6O. The van der Waals surface area contributed by atoms with Crippen molar-refractivity contribution in [3.63, 3.8) is 0 Å². The first kappa shape index (κ1) is 14.4. The molecule has 7 nitrogen and oxygen atoms in total. The summed E-state index contributed by atoms with van der Waals surface area (Å²) in [7, 11) is 0. The maximum atomic E-state index is 12.3. The van der Waals surface area contributed by atoms with Crippen LogP contribution in [0.15, 0.2) is 12.7 Å². The van der Waals surface area contributed by atoms with E-state index < -0.39 is 0 Å². The van der Waals surface area contributed by atoms with Crippen molar-refractivity contribution in [1.29, 1.82) is 0 Å². The first-order valence-electron chi connectivity index (χ1n) is 7.10. The Kier molecular flexibility index (Phi) is 4.97. The lowest BCUT2D eigenvalue weighted by atomic mass is 10.2. The van der Waals surface area contributed by atoms with E-state index in [9.17, 15) is 4.79 Å². The van der Waals surface area contributed by atoms with Gasteiger partial charge < -0.3 is 0 Å². The van der Waals surface area contributed by atoms with Gasteiger partial charge in [-0.25, -0.2) is 14.8 Å². The van der Waals surface area contributed by atoms with E-state index in [4.69, 9.17) is 0 Å². The molecule has 0 fully saturated rings. The average Bonchev–Trinajstić information content (AvgIpc) is 3.11. The second kappa shape index (κ2) is 6.93. The molecule has 0 aromatic carbocycles. The Morgan fingerprint density at radius 3 is 2.60 bits per heavy atom. The van der Waals surface area contributed by atoms with Gasteiger partial charge in [-0.05, 0) is 12.8 Å². The number of aryl methyl sites for hydroxylation is 2. The van der Waals surface area contributed by atoms with E-state index in [1.807, 2.05) is 0 Å². The van der Waals surface area contributed by atoms with E-state index in [1.165, 1.54) is 22.0 Å². The summed E-state index contributed by atoms with van der Waals surface area (Å²) < 4.78 is 2.53. The van der Waals surface area contributed by atoms with E-state index in [-0.39, 0.29) is 6.03 Å². The predicted molar refractivity (Wildman–Crippen MR) is 73.5 cm³/mol. The largest absolute Gasteiger partial charge is 0.372 e. The van der Waals surface area contributed by atoms with Gasteiger partial charge >= 0.3 is 6.03 Å². The maximum Gasteiger partial charge on any atom is 0.372 e. The lowest BCUT2D eigenvalue weighted by Crippen LogP contribution is -2.23. The van der Waals surface area contributed by atoms with Gasteiger partial charge in [0, 0.05) is 12.8 Å². The second-order valence-corrected chi connectivity index (χ2v) is 4.69. The van der Waals surface area contributed by atoms with Gasteiger partial charge in [0.05, 0.1) is 0 Å². The molecule has 0 saturated carbocycles. The van der Waals surface area contributed by atoms with Crippen LogP contribution in [0, 0.1) is 0 Å². The zero-order valence-electron chi connectivity index (χ0n) is 12.0. The van der Waals surface area contributed by atoms with Crippen molar-refractivity contribution in [2.45, 2.75) is 52.4 Å². The van der Waals surface area contributed by atoms with Gasteiger partial charge in [-0.2, -0.15) is 14.5 Å². The number of rotatable bonds is 6. The van der Waals surface area contributed by atoms with Crippen LogP contribution in [-0.2, 0) is 12.8 Å². The van der Waals surface area contributed by atoms with Gasteiger partial charge in [0.2, 0.25) is 0 Å². The molecule has 0 atom stereocenters. The highest BCUT2D eigenvalue weighted by Gasteiger charge is 2.17. The van der Waals surface area contributed by atoms with Crippen molar-refractivity contribution < 1.29 is 4.79 Å². The smallest absolute Gasteiger partial charge is 0.243 e. The summed E-state index contributed by atoms with van der Waals surface area (Å²) in [4.78, 5) is 20.6. The number of nitrogens with zero attached hydrogens (tertiary/aromatic N) is 6. The topological polar surface area (TPSA) is 78.5 Å². The van der Waals surface area contributed by atoms with Crippen LogP contribution >= 0.6 is 0 Å². The fourth-order valence-corrected chi connectivity index (χ4v) is 1.89. The molecule has 7 heteroatoms. The van der Waals surface area contributed by atoms with Crippen molar-refractivity contribution in [1.82, 2.24) is 29.5 Å². The van der Waals surface area contributed by atoms with Crippen molar-refractivity contribution in [3.05, 3.63) is 24.3 Å². The molecule has 2 rings (SSSR count). The van der Waals surface area contributed by atoms with Crippen LogP contribution in [0.3, 0.4) is 0 Å². The molecule has 0 amide bonds. The van der Waals surface area contributed by atoms with Crippen LogP contribution < -0.4 is 0 Å². The highest BCUT2D eigenvalue weighted by atomic mass is 16.2. The summed E-state index contributed by atoms with van der Waals surface area (Å²) >= 11 is 0. The lowest BCUT2D eigenvalue weighted by Gasteiger charge is -2.02. The van der Waals surface area contributed by atoms with E-state index in [0.29, 0.717) is 5.82 Å². The molecule has 108 valence electrons. The molecule has 0 radical (unpaired) electrons. The van der Waals surface area contributed by atoms with E-state index in [0.717, 1.165) is 44.3 Å². The lowest BCUT2D eigenvalue weighted by molar-refractivity contribution is 0.237. The molecule has 0 aliphatic heterocycles. The standard InChI is InChI=1S/C13H20N6O/c1-3-5-7-11-16-12(8-6-4-2)19(17-11)13(20)18-10-14-9-15-18/h9-10H,3-8H2,1-2H3. The Morgan fingerprint density at radius 2 is 1.95 bits per heavy atom. The molecule has 0 saturated heterocycles. The Bertz CT molecular complexity index is 545. The van der Waals surface area contributed by atoms with Gasteiger partial charge in [0.15, 0.2) is 5.82 Å². The molecule has 0 aliphatic rings. The molecule has 0 unspecified atom stereocenters. The van der Waals surface area contributed by atoms with Crippen LogP contribution in [0.5, 0.6) is 0 Å². The monoisotopic (exact) mass is 276 g/mol. The molecule has 0 N–H and O–H groups in total. The summed E-state index contributed by atoms with van der Waals surface area (Å²) in [5, 5.41) is 8.18. The molecule has 20 heavy (non-hydrogen) atoms. The first-order chi connectivity index (χ1) is 9.76. The number of hydrogen-bond acceptors (Lipinski definition) is 5. The summed E-state index contributed by atoms with van der Waals surface area (Å²) in [5.41, 5.74) is 0. The zero-order chi connectivity index (χ0) is 14.4. The number of unbranched alkanes of at least 4 members (excludes halogenated alkanes) is 2. The Hall–Kier alpha value is -2.05. The second-order valence-electron chi connectivity index (χ2n) is 4.69. The average molecular weight is 276 g/mol. The van der Waals surface area contributed by atoms with Crippen molar-refractivity contribution >= 4 is 6.03 Å². The molecule has 0 spiro atoms. The van der Waals surface area contributed by atoms with Gasteiger partial charge in [-0.1, -0.05) is 26.7 Å². The number of hydrogen-bond donors (Lipinski definition) is 0. The third-order valence-electron chi connectivity index (χ3n) is 3.02. The Balaban J connectivity index is 2.24. The SMILES string of the molecule is CCCCc1nc(CCCC)n(C(=O)n2cncn2)n1. The minimum atomic E-state index is -0.330. The molecule has 0 aliphatic carbocycles. The fourth-order valence-electron chi connectivity index (χ4n) is 1.89. The first-order valence-corrected chi connectivity index (χ1v) is 7.10. The maximum absolute atomic E-state index is 12.3. The van der Waals surface area contributed by atoms with Gasteiger partial charge in [0.25, 0.3) is 0 Å². The zero-order valence-corrected chi connectivity index (χ0v) is 12.0. The molecule has 2 aromatic rings. The number of carbonyl (C=O) groups is 1. The normalized spacial score (nSPS) is 10.9. The van der Waals surface area contributed by atoms with Crippen LogP contribution in [0.2, 0.25) is 0 Å². The van der Waals surface area contributed by atoms with Crippen molar-refractivity contribution in [2.24, 2.45) is 0 Å².